The number of esters is 1. The highest BCUT2D eigenvalue weighted by atomic mass is 35.5. The highest BCUT2D eigenvalue weighted by molar-refractivity contribution is 7.99. The van der Waals surface area contributed by atoms with Crippen LogP contribution in [0, 0.1) is 5.92 Å². The van der Waals surface area contributed by atoms with Crippen LogP contribution in [0.25, 0.3) is 0 Å². The molecular weight excluding hydrogens is 439 g/mol. The highest BCUT2D eigenvalue weighted by Gasteiger charge is 2.27. The van der Waals surface area contributed by atoms with Crippen LogP contribution in [0.15, 0.2) is 52.3 Å². The Morgan fingerprint density at radius 1 is 1.10 bits per heavy atom. The molecule has 0 N–H and O–H groups in total. The van der Waals surface area contributed by atoms with Crippen molar-refractivity contribution < 1.29 is 9.53 Å². The minimum Gasteiger partial charge on any atom is -0.466 e. The van der Waals surface area contributed by atoms with Crippen LogP contribution in [-0.2, 0) is 9.53 Å². The van der Waals surface area contributed by atoms with Crippen molar-refractivity contribution in [1.29, 1.82) is 0 Å². The van der Waals surface area contributed by atoms with Crippen LogP contribution >= 0.6 is 35.8 Å². The predicted molar refractivity (Wildman–Crippen MR) is 127 cm³/mol. The number of hydrogen-bond donors (Lipinski definition) is 0. The lowest BCUT2D eigenvalue weighted by atomic mass is 9.97. The molecule has 0 radical (unpaired) electrons. The highest BCUT2D eigenvalue weighted by Crippen LogP contribution is 2.48. The summed E-state index contributed by atoms with van der Waals surface area (Å²) < 4.78 is 5.18. The summed E-state index contributed by atoms with van der Waals surface area (Å²) in [6, 6.07) is 14.7. The van der Waals surface area contributed by atoms with E-state index in [0.717, 1.165) is 50.5 Å². The number of piperidine rings is 1. The number of benzene rings is 2. The van der Waals surface area contributed by atoms with E-state index in [4.69, 9.17) is 16.3 Å². The summed E-state index contributed by atoms with van der Waals surface area (Å²) in [5.41, 5.74) is 2.45. The number of carbonyl (C=O) groups excluding carboxylic acids is 1. The molecule has 0 saturated carbocycles. The van der Waals surface area contributed by atoms with Gasteiger partial charge in [0.2, 0.25) is 0 Å². The van der Waals surface area contributed by atoms with Crippen LogP contribution in [-0.4, -0.2) is 43.7 Å². The number of nitrogens with zero attached hydrogens (tertiary/aromatic N) is 2. The van der Waals surface area contributed by atoms with Crippen molar-refractivity contribution in [3.63, 3.8) is 0 Å². The van der Waals surface area contributed by atoms with Crippen molar-refractivity contribution in [3.8, 4) is 0 Å². The molecule has 0 aromatic heterocycles. The summed E-state index contributed by atoms with van der Waals surface area (Å²) in [7, 11) is 0. The third-order valence-corrected chi connectivity index (χ3v) is 7.02. The van der Waals surface area contributed by atoms with Gasteiger partial charge in [-0.25, -0.2) is 0 Å². The molecule has 0 spiro atoms. The van der Waals surface area contributed by atoms with Gasteiger partial charge in [-0.2, -0.15) is 0 Å². The zero-order valence-electron chi connectivity index (χ0n) is 17.2. The van der Waals surface area contributed by atoms with Gasteiger partial charge >= 0.3 is 5.97 Å². The number of likely N-dealkylation sites (tertiary alicyclic amines) is 1. The van der Waals surface area contributed by atoms with E-state index < -0.39 is 0 Å². The average Bonchev–Trinajstić information content (AvgIpc) is 2.74. The largest absolute Gasteiger partial charge is 0.466 e. The normalized spacial score (nSPS) is 16.4. The van der Waals surface area contributed by atoms with E-state index in [-0.39, 0.29) is 24.3 Å². The lowest BCUT2D eigenvalue weighted by molar-refractivity contribution is -0.149. The molecule has 2 aliphatic heterocycles. The van der Waals surface area contributed by atoms with Gasteiger partial charge in [-0.3, -0.25) is 4.79 Å². The Bertz CT molecular complexity index is 872. The molecule has 162 valence electrons. The molecule has 1 saturated heterocycles. The van der Waals surface area contributed by atoms with Gasteiger partial charge in [-0.15, -0.1) is 12.4 Å². The number of anilines is 2. The standard InChI is InChI=1S/C23H27ClN2O2S.ClH/c1-2-28-23(27)17-10-14-25(15-11-17)12-5-13-26-19-6-3-4-7-21(19)29-22-9-8-18(24)16-20(22)26;/h3-4,6-9,16-17H,2,5,10-15H2,1H3;1H. The zero-order valence-corrected chi connectivity index (χ0v) is 19.6. The maximum absolute atomic E-state index is 11.9. The Labute approximate surface area is 194 Å². The second-order valence-electron chi connectivity index (χ2n) is 7.55. The molecule has 1 fully saturated rings. The first kappa shape index (κ1) is 23.3. The molecule has 30 heavy (non-hydrogen) atoms. The fourth-order valence-corrected chi connectivity index (χ4v) is 5.39. The average molecular weight is 467 g/mol. The summed E-state index contributed by atoms with van der Waals surface area (Å²) in [6.07, 6.45) is 2.87. The fraction of sp³-hybridized carbons (Fsp3) is 0.435. The van der Waals surface area contributed by atoms with E-state index in [1.165, 1.54) is 21.2 Å². The van der Waals surface area contributed by atoms with Gasteiger partial charge in [0, 0.05) is 21.4 Å². The van der Waals surface area contributed by atoms with Crippen LogP contribution in [0.1, 0.15) is 26.2 Å². The number of para-hydroxylation sites is 1. The van der Waals surface area contributed by atoms with Gasteiger partial charge in [-0.05, 0) is 76.2 Å². The lowest BCUT2D eigenvalue weighted by Crippen LogP contribution is -2.38. The number of hydrogen-bond acceptors (Lipinski definition) is 5. The second kappa shape index (κ2) is 10.8. The van der Waals surface area contributed by atoms with Gasteiger partial charge in [0.05, 0.1) is 23.9 Å². The van der Waals surface area contributed by atoms with E-state index >= 15 is 0 Å². The quantitative estimate of drug-likeness (QED) is 0.485. The number of carbonyl (C=O) groups is 1. The fourth-order valence-electron chi connectivity index (χ4n) is 4.15. The Balaban J connectivity index is 0.00000256. The van der Waals surface area contributed by atoms with Gasteiger partial charge in [0.1, 0.15) is 0 Å². The molecule has 2 heterocycles. The minimum atomic E-state index is -0.0249. The van der Waals surface area contributed by atoms with Crippen LogP contribution < -0.4 is 4.90 Å². The number of rotatable bonds is 6. The Morgan fingerprint density at radius 2 is 1.83 bits per heavy atom. The third kappa shape index (κ3) is 5.25. The van der Waals surface area contributed by atoms with E-state index in [9.17, 15) is 4.79 Å². The summed E-state index contributed by atoms with van der Waals surface area (Å²) >= 11 is 8.11. The second-order valence-corrected chi connectivity index (χ2v) is 9.08. The van der Waals surface area contributed by atoms with Gasteiger partial charge in [0.15, 0.2) is 0 Å². The van der Waals surface area contributed by atoms with Gasteiger partial charge < -0.3 is 14.5 Å². The Hall–Kier alpha value is -1.40. The molecule has 2 aromatic carbocycles. The lowest BCUT2D eigenvalue weighted by Gasteiger charge is -2.34. The van der Waals surface area contributed by atoms with Crippen LogP contribution in [0.2, 0.25) is 5.02 Å². The minimum absolute atomic E-state index is 0. The predicted octanol–water partition coefficient (Wildman–Crippen LogP) is 6.03. The van der Waals surface area contributed by atoms with E-state index in [0.29, 0.717) is 6.61 Å². The molecule has 0 bridgehead atoms. The maximum atomic E-state index is 11.9. The summed E-state index contributed by atoms with van der Waals surface area (Å²) in [5.74, 6) is 0.0503. The SMILES string of the molecule is CCOC(=O)C1CCN(CCCN2c3ccccc3Sc3ccc(Cl)cc32)CC1.Cl. The smallest absolute Gasteiger partial charge is 0.309 e. The third-order valence-electron chi connectivity index (χ3n) is 5.65. The number of halogens is 2. The van der Waals surface area contributed by atoms with Crippen molar-refractivity contribution >= 4 is 53.1 Å². The molecule has 0 amide bonds. The van der Waals surface area contributed by atoms with E-state index in [1.807, 2.05) is 24.8 Å². The summed E-state index contributed by atoms with van der Waals surface area (Å²) in [6.45, 7) is 6.27. The molecular formula is C23H28Cl2N2O2S. The molecule has 7 heteroatoms. The topological polar surface area (TPSA) is 32.8 Å². The van der Waals surface area contributed by atoms with Gasteiger partial charge in [0.25, 0.3) is 0 Å². The number of fused-ring (bicyclic) bond motifs is 2. The molecule has 0 aliphatic carbocycles. The van der Waals surface area contributed by atoms with Crippen LogP contribution in [0.5, 0.6) is 0 Å². The van der Waals surface area contributed by atoms with Crippen molar-refractivity contribution in [3.05, 3.63) is 47.5 Å². The van der Waals surface area contributed by atoms with E-state index in [1.54, 1.807) is 0 Å². The molecule has 2 aliphatic rings. The van der Waals surface area contributed by atoms with Gasteiger partial charge in [-0.1, -0.05) is 35.5 Å². The molecule has 4 rings (SSSR count). The van der Waals surface area contributed by atoms with Crippen LogP contribution in [0.4, 0.5) is 11.4 Å². The molecule has 2 aromatic rings. The van der Waals surface area contributed by atoms with Crippen LogP contribution in [0.3, 0.4) is 0 Å². The van der Waals surface area contributed by atoms with Crippen molar-refractivity contribution in [1.82, 2.24) is 4.90 Å². The summed E-state index contributed by atoms with van der Waals surface area (Å²) in [5, 5.41) is 0.773. The first-order valence-corrected chi connectivity index (χ1v) is 11.6. The monoisotopic (exact) mass is 466 g/mol. The Morgan fingerprint density at radius 3 is 2.60 bits per heavy atom. The van der Waals surface area contributed by atoms with Crippen molar-refractivity contribution in [2.45, 2.75) is 36.0 Å². The molecule has 4 nitrogen and oxygen atoms in total. The van der Waals surface area contributed by atoms with E-state index in [2.05, 4.69) is 46.2 Å². The molecule has 0 unspecified atom stereocenters. The Kier molecular flexibility index (Phi) is 8.35. The molecule has 0 atom stereocenters. The first-order chi connectivity index (χ1) is 14.2. The maximum Gasteiger partial charge on any atom is 0.309 e. The summed E-state index contributed by atoms with van der Waals surface area (Å²) in [4.78, 5) is 19.3. The van der Waals surface area contributed by atoms with Crippen molar-refractivity contribution in [2.75, 3.05) is 37.7 Å². The number of ether oxygens (including phenoxy) is 1. The zero-order chi connectivity index (χ0) is 20.2. The van der Waals surface area contributed by atoms with Crippen molar-refractivity contribution in [2.24, 2.45) is 5.92 Å². The first-order valence-electron chi connectivity index (χ1n) is 10.4.